The van der Waals surface area contributed by atoms with E-state index in [4.69, 9.17) is 0 Å². The molecule has 0 aliphatic carbocycles. The third-order valence-corrected chi connectivity index (χ3v) is 7.95. The van der Waals surface area contributed by atoms with Gasteiger partial charge in [-0.15, -0.1) is 0 Å². The molecule has 0 heterocycles. The maximum absolute atomic E-state index is 14.0. The van der Waals surface area contributed by atoms with Gasteiger partial charge in [-0.25, -0.2) is 8.42 Å². The van der Waals surface area contributed by atoms with Crippen molar-refractivity contribution in [1.82, 2.24) is 10.2 Å². The van der Waals surface area contributed by atoms with Gasteiger partial charge in [-0.05, 0) is 62.1 Å². The van der Waals surface area contributed by atoms with Crippen LogP contribution in [0.15, 0.2) is 83.8 Å². The van der Waals surface area contributed by atoms with Gasteiger partial charge in [0.2, 0.25) is 11.8 Å². The Morgan fingerprint density at radius 1 is 0.892 bits per heavy atom. The smallest absolute Gasteiger partial charge is 0.264 e. The van der Waals surface area contributed by atoms with E-state index in [1.807, 2.05) is 70.2 Å². The Kier molecular flexibility index (Phi) is 9.47. The van der Waals surface area contributed by atoms with Gasteiger partial charge in [0.05, 0.1) is 10.6 Å². The van der Waals surface area contributed by atoms with Crippen LogP contribution in [0.3, 0.4) is 0 Å². The maximum atomic E-state index is 14.0. The fraction of sp³-hybridized carbons (Fsp3) is 0.310. The number of hydrogen-bond acceptors (Lipinski definition) is 4. The normalized spacial score (nSPS) is 12.0. The molecule has 7 nitrogen and oxygen atoms in total. The Morgan fingerprint density at radius 3 is 2.11 bits per heavy atom. The quantitative estimate of drug-likeness (QED) is 0.404. The summed E-state index contributed by atoms with van der Waals surface area (Å²) in [6, 6.07) is 22.2. The van der Waals surface area contributed by atoms with Gasteiger partial charge < -0.3 is 10.2 Å². The summed E-state index contributed by atoms with van der Waals surface area (Å²) in [5, 5.41) is 2.81. The highest BCUT2D eigenvalue weighted by Gasteiger charge is 2.34. The fourth-order valence-electron chi connectivity index (χ4n) is 4.21. The zero-order chi connectivity index (χ0) is 27.0. The molecular weight excluding hydrogens is 486 g/mol. The summed E-state index contributed by atoms with van der Waals surface area (Å²) in [5.41, 5.74) is 2.88. The number of hydrogen-bond donors (Lipinski definition) is 1. The molecule has 0 aliphatic rings. The number of carbonyl (C=O) groups excluding carboxylic acids is 2. The number of nitrogens with one attached hydrogen (secondary N) is 1. The van der Waals surface area contributed by atoms with E-state index in [0.717, 1.165) is 21.0 Å². The summed E-state index contributed by atoms with van der Waals surface area (Å²) in [5.74, 6) is -0.721. The first-order valence-electron chi connectivity index (χ1n) is 12.4. The molecule has 0 saturated heterocycles. The monoisotopic (exact) mass is 521 g/mol. The maximum Gasteiger partial charge on any atom is 0.264 e. The molecule has 37 heavy (non-hydrogen) atoms. The molecule has 196 valence electrons. The number of anilines is 1. The van der Waals surface area contributed by atoms with Crippen molar-refractivity contribution in [1.29, 1.82) is 0 Å². The SMILES string of the molecule is CCNC(=O)[C@@H](CC)N(Cc1ccccc1)C(=O)CN(c1cc(C)ccc1C)S(=O)(=O)c1ccccc1. The average molecular weight is 522 g/mol. The highest BCUT2D eigenvalue weighted by atomic mass is 32.2. The minimum atomic E-state index is -4.07. The van der Waals surface area contributed by atoms with Crippen LogP contribution >= 0.6 is 0 Å². The highest BCUT2D eigenvalue weighted by Crippen LogP contribution is 2.28. The van der Waals surface area contributed by atoms with Crippen molar-refractivity contribution in [2.45, 2.75) is 51.6 Å². The third kappa shape index (κ3) is 6.77. The topological polar surface area (TPSA) is 86.8 Å². The van der Waals surface area contributed by atoms with Gasteiger partial charge in [0, 0.05) is 13.1 Å². The summed E-state index contributed by atoms with van der Waals surface area (Å²) < 4.78 is 28.9. The summed E-state index contributed by atoms with van der Waals surface area (Å²) in [4.78, 5) is 28.5. The van der Waals surface area contributed by atoms with Gasteiger partial charge in [0.15, 0.2) is 0 Å². The second kappa shape index (κ2) is 12.5. The number of rotatable bonds is 11. The van der Waals surface area contributed by atoms with E-state index in [0.29, 0.717) is 18.7 Å². The van der Waals surface area contributed by atoms with Crippen LogP contribution in [0.5, 0.6) is 0 Å². The number of likely N-dealkylation sites (N-methyl/N-ethyl adjacent to an activating group) is 1. The first kappa shape index (κ1) is 27.9. The van der Waals surface area contributed by atoms with Crippen LogP contribution in [-0.2, 0) is 26.2 Å². The molecule has 0 radical (unpaired) electrons. The third-order valence-electron chi connectivity index (χ3n) is 6.18. The van der Waals surface area contributed by atoms with Crippen LogP contribution in [0.2, 0.25) is 0 Å². The van der Waals surface area contributed by atoms with Crippen molar-refractivity contribution >= 4 is 27.5 Å². The molecule has 0 bridgehead atoms. The van der Waals surface area contributed by atoms with Gasteiger partial charge in [0.25, 0.3) is 10.0 Å². The Balaban J connectivity index is 2.08. The molecule has 0 aromatic heterocycles. The summed E-state index contributed by atoms with van der Waals surface area (Å²) in [7, 11) is -4.07. The fourth-order valence-corrected chi connectivity index (χ4v) is 5.70. The molecule has 3 rings (SSSR count). The second-order valence-electron chi connectivity index (χ2n) is 8.94. The van der Waals surface area contributed by atoms with E-state index in [1.54, 1.807) is 24.3 Å². The van der Waals surface area contributed by atoms with E-state index < -0.39 is 28.5 Å². The molecular formula is C29H35N3O4S. The molecule has 0 unspecified atom stereocenters. The molecule has 2 amide bonds. The van der Waals surface area contributed by atoms with Crippen molar-refractivity contribution in [3.05, 3.63) is 95.6 Å². The molecule has 0 fully saturated rings. The Morgan fingerprint density at radius 2 is 1.51 bits per heavy atom. The van der Waals surface area contributed by atoms with E-state index in [-0.39, 0.29) is 17.3 Å². The van der Waals surface area contributed by atoms with Crippen molar-refractivity contribution in [3.63, 3.8) is 0 Å². The largest absolute Gasteiger partial charge is 0.355 e. The van der Waals surface area contributed by atoms with Crippen LogP contribution < -0.4 is 9.62 Å². The van der Waals surface area contributed by atoms with Crippen LogP contribution in [-0.4, -0.2) is 44.3 Å². The number of nitrogens with zero attached hydrogens (tertiary/aromatic N) is 2. The molecule has 3 aromatic carbocycles. The zero-order valence-corrected chi connectivity index (χ0v) is 22.7. The minimum Gasteiger partial charge on any atom is -0.355 e. The summed E-state index contributed by atoms with van der Waals surface area (Å²) in [6.45, 7) is 7.53. The number of benzene rings is 3. The summed E-state index contributed by atoms with van der Waals surface area (Å²) >= 11 is 0. The zero-order valence-electron chi connectivity index (χ0n) is 21.8. The minimum absolute atomic E-state index is 0.0917. The van der Waals surface area contributed by atoms with E-state index >= 15 is 0 Å². The van der Waals surface area contributed by atoms with E-state index in [1.165, 1.54) is 17.0 Å². The second-order valence-corrected chi connectivity index (χ2v) is 10.8. The van der Waals surface area contributed by atoms with Crippen LogP contribution in [0.25, 0.3) is 0 Å². The molecule has 0 spiro atoms. The Labute approximate surface area is 220 Å². The lowest BCUT2D eigenvalue weighted by molar-refractivity contribution is -0.140. The van der Waals surface area contributed by atoms with Crippen molar-refractivity contribution in [2.24, 2.45) is 0 Å². The first-order valence-corrected chi connectivity index (χ1v) is 13.9. The standard InChI is InChI=1S/C29H35N3O4S/c1-5-26(29(34)30-6-2)31(20-24-13-9-7-10-14-24)28(33)21-32(27-19-22(3)17-18-23(27)4)37(35,36)25-15-11-8-12-16-25/h7-19,26H,5-6,20-21H2,1-4H3,(H,30,34)/t26-/m1/s1. The van der Waals surface area contributed by atoms with Crippen LogP contribution in [0.1, 0.15) is 37.0 Å². The number of sulfonamides is 1. The number of carbonyl (C=O) groups is 2. The van der Waals surface area contributed by atoms with Gasteiger partial charge in [-0.2, -0.15) is 0 Å². The van der Waals surface area contributed by atoms with Crippen LogP contribution in [0, 0.1) is 13.8 Å². The van der Waals surface area contributed by atoms with Crippen molar-refractivity contribution in [2.75, 3.05) is 17.4 Å². The average Bonchev–Trinajstić information content (AvgIpc) is 2.89. The Hall–Kier alpha value is -3.65. The molecule has 3 aromatic rings. The number of amides is 2. The highest BCUT2D eigenvalue weighted by molar-refractivity contribution is 7.92. The predicted molar refractivity (Wildman–Crippen MR) is 147 cm³/mol. The molecule has 1 N–H and O–H groups in total. The molecule has 1 atom stereocenters. The van der Waals surface area contributed by atoms with Gasteiger partial charge in [-0.1, -0.05) is 67.6 Å². The van der Waals surface area contributed by atoms with E-state index in [2.05, 4.69) is 5.32 Å². The molecule has 0 saturated carbocycles. The lowest BCUT2D eigenvalue weighted by atomic mass is 10.1. The molecule has 8 heteroatoms. The summed E-state index contributed by atoms with van der Waals surface area (Å²) in [6.07, 6.45) is 0.388. The van der Waals surface area contributed by atoms with Gasteiger partial charge in [0.1, 0.15) is 12.6 Å². The predicted octanol–water partition coefficient (Wildman–Crippen LogP) is 4.44. The molecule has 0 aliphatic heterocycles. The van der Waals surface area contributed by atoms with Crippen LogP contribution in [0.4, 0.5) is 5.69 Å². The van der Waals surface area contributed by atoms with Crippen molar-refractivity contribution in [3.8, 4) is 0 Å². The lowest BCUT2D eigenvalue weighted by Crippen LogP contribution is -2.52. The Bertz CT molecular complexity index is 1310. The number of aryl methyl sites for hydroxylation is 2. The lowest BCUT2D eigenvalue weighted by Gasteiger charge is -2.33. The first-order chi connectivity index (χ1) is 17.7. The van der Waals surface area contributed by atoms with Gasteiger partial charge in [-0.3, -0.25) is 13.9 Å². The van der Waals surface area contributed by atoms with Gasteiger partial charge >= 0.3 is 0 Å². The van der Waals surface area contributed by atoms with E-state index in [9.17, 15) is 18.0 Å². The van der Waals surface area contributed by atoms with Crippen molar-refractivity contribution < 1.29 is 18.0 Å².